The molecule has 16 heavy (non-hydrogen) atoms. The molecule has 0 saturated carbocycles. The van der Waals surface area contributed by atoms with Gasteiger partial charge in [-0.3, -0.25) is 4.79 Å². The third-order valence-corrected chi connectivity index (χ3v) is 3.34. The lowest BCUT2D eigenvalue weighted by Crippen LogP contribution is -2.11. The maximum Gasteiger partial charge on any atom is 0.328 e. The van der Waals surface area contributed by atoms with E-state index < -0.39 is 5.38 Å². The van der Waals surface area contributed by atoms with Gasteiger partial charge in [0.1, 0.15) is 0 Å². The van der Waals surface area contributed by atoms with Gasteiger partial charge in [0, 0.05) is 0 Å². The molecule has 2 rings (SSSR count). The van der Waals surface area contributed by atoms with E-state index in [0.717, 1.165) is 18.4 Å². The average molecular weight is 239 g/mol. The van der Waals surface area contributed by atoms with Gasteiger partial charge in [0.25, 0.3) is 0 Å². The molecule has 0 amide bonds. The van der Waals surface area contributed by atoms with Gasteiger partial charge >= 0.3 is 5.97 Å². The van der Waals surface area contributed by atoms with Crippen LogP contribution in [0.4, 0.5) is 0 Å². The van der Waals surface area contributed by atoms with E-state index in [1.807, 2.05) is 12.1 Å². The molecule has 1 aromatic carbocycles. The molecule has 0 N–H and O–H groups in total. The number of esters is 1. The Hall–Kier alpha value is -1.02. The molecular formula is C13H15ClO2. The first-order valence-electron chi connectivity index (χ1n) is 5.64. The predicted molar refractivity (Wildman–Crippen MR) is 63.7 cm³/mol. The minimum absolute atomic E-state index is 0.359. The first-order valence-corrected chi connectivity index (χ1v) is 6.08. The summed E-state index contributed by atoms with van der Waals surface area (Å²) in [6.07, 6.45) is 3.43. The Kier molecular flexibility index (Phi) is 3.49. The fourth-order valence-electron chi connectivity index (χ4n) is 2.10. The zero-order chi connectivity index (χ0) is 11.5. The molecule has 0 radical (unpaired) electrons. The van der Waals surface area contributed by atoms with Crippen LogP contribution in [0.1, 0.15) is 35.4 Å². The van der Waals surface area contributed by atoms with Gasteiger partial charge in [0.05, 0.1) is 6.61 Å². The van der Waals surface area contributed by atoms with Gasteiger partial charge in [-0.25, -0.2) is 0 Å². The molecule has 0 spiro atoms. The Balaban J connectivity index is 2.18. The van der Waals surface area contributed by atoms with Crippen molar-refractivity contribution >= 4 is 17.6 Å². The van der Waals surface area contributed by atoms with Crippen molar-refractivity contribution in [2.75, 3.05) is 6.61 Å². The Morgan fingerprint density at radius 2 is 2.19 bits per heavy atom. The third-order valence-electron chi connectivity index (χ3n) is 2.91. The second-order valence-corrected chi connectivity index (χ2v) is 4.43. The maximum atomic E-state index is 11.5. The average Bonchev–Trinajstić information content (AvgIpc) is 2.75. The van der Waals surface area contributed by atoms with Crippen molar-refractivity contribution in [3.8, 4) is 0 Å². The number of carbonyl (C=O) groups excluding carboxylic acids is 1. The van der Waals surface area contributed by atoms with E-state index in [-0.39, 0.29) is 5.97 Å². The fourth-order valence-corrected chi connectivity index (χ4v) is 2.30. The molecule has 86 valence electrons. The molecule has 2 nitrogen and oxygen atoms in total. The van der Waals surface area contributed by atoms with Gasteiger partial charge in [0.2, 0.25) is 0 Å². The number of fused-ring (bicyclic) bond motifs is 1. The van der Waals surface area contributed by atoms with E-state index in [1.165, 1.54) is 17.5 Å². The molecular weight excluding hydrogens is 224 g/mol. The highest BCUT2D eigenvalue weighted by molar-refractivity contribution is 6.29. The first-order chi connectivity index (χ1) is 7.72. The molecule has 1 aliphatic rings. The maximum absolute atomic E-state index is 11.5. The first kappa shape index (κ1) is 11.5. The van der Waals surface area contributed by atoms with Gasteiger partial charge < -0.3 is 4.74 Å². The minimum Gasteiger partial charge on any atom is -0.465 e. The summed E-state index contributed by atoms with van der Waals surface area (Å²) in [5.74, 6) is -0.359. The number of hydrogen-bond acceptors (Lipinski definition) is 2. The third kappa shape index (κ3) is 2.22. The molecule has 1 aromatic rings. The number of aryl methyl sites for hydroxylation is 2. The number of carbonyl (C=O) groups is 1. The molecule has 0 saturated heterocycles. The van der Waals surface area contributed by atoms with Gasteiger partial charge in [-0.05, 0) is 42.9 Å². The number of halogens is 1. The topological polar surface area (TPSA) is 26.3 Å². The molecule has 1 aliphatic carbocycles. The molecule has 3 heteroatoms. The molecule has 0 fully saturated rings. The summed E-state index contributed by atoms with van der Waals surface area (Å²) in [6.45, 7) is 2.15. The highest BCUT2D eigenvalue weighted by Gasteiger charge is 2.21. The number of alkyl halides is 1. The molecule has 0 bridgehead atoms. The standard InChI is InChI=1S/C13H15ClO2/c1-2-16-13(15)12(14)11-7-6-9-4-3-5-10(9)8-11/h6-8,12H,2-5H2,1H3. The Labute approximate surface area is 101 Å². The molecule has 1 atom stereocenters. The highest BCUT2D eigenvalue weighted by atomic mass is 35.5. The second kappa shape index (κ2) is 4.88. The molecule has 0 heterocycles. The number of ether oxygens (including phenoxy) is 1. The second-order valence-electron chi connectivity index (χ2n) is 4.00. The van der Waals surface area contributed by atoms with E-state index in [9.17, 15) is 4.79 Å². The van der Waals surface area contributed by atoms with Crippen LogP contribution in [0.25, 0.3) is 0 Å². The van der Waals surface area contributed by atoms with Gasteiger partial charge in [-0.1, -0.05) is 18.2 Å². The fraction of sp³-hybridized carbons (Fsp3) is 0.462. The smallest absolute Gasteiger partial charge is 0.328 e. The van der Waals surface area contributed by atoms with Crippen molar-refractivity contribution in [2.24, 2.45) is 0 Å². The van der Waals surface area contributed by atoms with Crippen molar-refractivity contribution in [3.63, 3.8) is 0 Å². The van der Waals surface area contributed by atoms with Crippen LogP contribution >= 0.6 is 11.6 Å². The molecule has 0 aliphatic heterocycles. The van der Waals surface area contributed by atoms with Crippen LogP contribution in [0.5, 0.6) is 0 Å². The predicted octanol–water partition coefficient (Wildman–Crippen LogP) is 3.02. The van der Waals surface area contributed by atoms with E-state index in [2.05, 4.69) is 6.07 Å². The normalized spacial score (nSPS) is 15.6. The van der Waals surface area contributed by atoms with Crippen LogP contribution < -0.4 is 0 Å². The van der Waals surface area contributed by atoms with E-state index in [4.69, 9.17) is 16.3 Å². The number of rotatable bonds is 3. The summed E-state index contributed by atoms with van der Waals surface area (Å²) >= 11 is 6.06. The number of hydrogen-bond donors (Lipinski definition) is 0. The Morgan fingerprint density at radius 1 is 1.44 bits per heavy atom. The van der Waals surface area contributed by atoms with E-state index in [1.54, 1.807) is 6.92 Å². The summed E-state index contributed by atoms with van der Waals surface area (Å²) in [6, 6.07) is 6.04. The Bertz CT molecular complexity index is 401. The number of benzene rings is 1. The lowest BCUT2D eigenvalue weighted by atomic mass is 10.0. The van der Waals surface area contributed by atoms with E-state index in [0.29, 0.717) is 6.61 Å². The quantitative estimate of drug-likeness (QED) is 0.598. The van der Waals surface area contributed by atoms with Gasteiger partial charge in [-0.2, -0.15) is 0 Å². The lowest BCUT2D eigenvalue weighted by molar-refractivity contribution is -0.142. The van der Waals surface area contributed by atoms with Crippen molar-refractivity contribution in [3.05, 3.63) is 34.9 Å². The summed E-state index contributed by atoms with van der Waals surface area (Å²) in [5.41, 5.74) is 3.56. The van der Waals surface area contributed by atoms with Crippen LogP contribution in [0.2, 0.25) is 0 Å². The summed E-state index contributed by atoms with van der Waals surface area (Å²) in [4.78, 5) is 11.5. The summed E-state index contributed by atoms with van der Waals surface area (Å²) in [7, 11) is 0. The van der Waals surface area contributed by atoms with Crippen molar-refractivity contribution < 1.29 is 9.53 Å². The molecule has 0 aromatic heterocycles. The van der Waals surface area contributed by atoms with Gasteiger partial charge in [0.15, 0.2) is 5.38 Å². The monoisotopic (exact) mass is 238 g/mol. The largest absolute Gasteiger partial charge is 0.465 e. The van der Waals surface area contributed by atoms with Crippen molar-refractivity contribution in [1.29, 1.82) is 0 Å². The van der Waals surface area contributed by atoms with Crippen molar-refractivity contribution in [2.45, 2.75) is 31.6 Å². The zero-order valence-electron chi connectivity index (χ0n) is 9.33. The van der Waals surface area contributed by atoms with Crippen LogP contribution in [0, 0.1) is 0 Å². The SMILES string of the molecule is CCOC(=O)C(Cl)c1ccc2c(c1)CCC2. The van der Waals surface area contributed by atoms with Gasteiger partial charge in [-0.15, -0.1) is 11.6 Å². The zero-order valence-corrected chi connectivity index (χ0v) is 10.1. The lowest BCUT2D eigenvalue weighted by Gasteiger charge is -2.10. The van der Waals surface area contributed by atoms with E-state index >= 15 is 0 Å². The van der Waals surface area contributed by atoms with Crippen LogP contribution in [0.3, 0.4) is 0 Å². The molecule has 1 unspecified atom stereocenters. The minimum atomic E-state index is -0.675. The Morgan fingerprint density at radius 3 is 2.94 bits per heavy atom. The summed E-state index contributed by atoms with van der Waals surface area (Å²) in [5, 5.41) is -0.675. The van der Waals surface area contributed by atoms with Crippen LogP contribution in [-0.4, -0.2) is 12.6 Å². The highest BCUT2D eigenvalue weighted by Crippen LogP contribution is 2.28. The van der Waals surface area contributed by atoms with Crippen LogP contribution in [0.15, 0.2) is 18.2 Å². The van der Waals surface area contributed by atoms with Crippen molar-refractivity contribution in [1.82, 2.24) is 0 Å². The summed E-state index contributed by atoms with van der Waals surface area (Å²) < 4.78 is 4.91. The van der Waals surface area contributed by atoms with Crippen LogP contribution in [-0.2, 0) is 22.4 Å².